The highest BCUT2D eigenvalue weighted by Gasteiger charge is 2.13. The number of rotatable bonds is 1. The lowest BCUT2D eigenvalue weighted by molar-refractivity contribution is 0.413. The van der Waals surface area contributed by atoms with Crippen LogP contribution in [0.5, 0.6) is 5.75 Å². The van der Waals surface area contributed by atoms with Crippen LogP contribution in [0, 0.1) is 0 Å². The van der Waals surface area contributed by atoms with Crippen molar-refractivity contribution in [1.82, 2.24) is 0 Å². The Morgan fingerprint density at radius 1 is 1.23 bits per heavy atom. The molecule has 13 heavy (non-hydrogen) atoms. The van der Waals surface area contributed by atoms with E-state index in [0.717, 1.165) is 5.75 Å². The summed E-state index contributed by atoms with van der Waals surface area (Å²) in [6, 6.07) is 4.23. The van der Waals surface area contributed by atoms with Crippen molar-refractivity contribution in [2.24, 2.45) is 0 Å². The maximum Gasteiger partial charge on any atom is 0.120 e. The molecule has 0 fully saturated rings. The van der Waals surface area contributed by atoms with Crippen molar-refractivity contribution in [2.45, 2.75) is 25.7 Å². The van der Waals surface area contributed by atoms with Crippen LogP contribution in [-0.4, -0.2) is 7.11 Å². The Morgan fingerprint density at radius 3 is 2.77 bits per heavy atom. The van der Waals surface area contributed by atoms with Gasteiger partial charge in [-0.05, 0) is 48.9 Å². The molecular weight excluding hydrogens is 228 g/mol. The molecule has 0 aromatic heterocycles. The molecule has 2 heteroatoms. The number of fused-ring (bicyclic) bond motifs is 1. The molecule has 1 nitrogen and oxygen atoms in total. The molecule has 1 aliphatic carbocycles. The third-order valence-electron chi connectivity index (χ3n) is 2.62. The molecule has 0 spiro atoms. The Kier molecular flexibility index (Phi) is 2.58. The summed E-state index contributed by atoms with van der Waals surface area (Å²) in [7, 11) is 1.72. The van der Waals surface area contributed by atoms with Crippen LogP contribution in [0.2, 0.25) is 0 Å². The highest BCUT2D eigenvalue weighted by atomic mass is 79.9. The van der Waals surface area contributed by atoms with Gasteiger partial charge in [0, 0.05) is 4.47 Å². The van der Waals surface area contributed by atoms with Crippen molar-refractivity contribution < 1.29 is 4.74 Å². The minimum Gasteiger partial charge on any atom is -0.497 e. The maximum atomic E-state index is 5.23. The second-order valence-corrected chi connectivity index (χ2v) is 4.31. The number of methoxy groups -OCH3 is 1. The lowest BCUT2D eigenvalue weighted by Crippen LogP contribution is -2.03. The van der Waals surface area contributed by atoms with Crippen molar-refractivity contribution >= 4 is 15.9 Å². The van der Waals surface area contributed by atoms with E-state index >= 15 is 0 Å². The van der Waals surface area contributed by atoms with Gasteiger partial charge in [0.05, 0.1) is 7.11 Å². The van der Waals surface area contributed by atoms with Gasteiger partial charge in [0.25, 0.3) is 0 Å². The van der Waals surface area contributed by atoms with Crippen LogP contribution in [0.4, 0.5) is 0 Å². The van der Waals surface area contributed by atoms with Gasteiger partial charge < -0.3 is 4.74 Å². The van der Waals surface area contributed by atoms with Crippen LogP contribution in [0.25, 0.3) is 0 Å². The summed E-state index contributed by atoms with van der Waals surface area (Å²) >= 11 is 3.59. The van der Waals surface area contributed by atoms with Crippen LogP contribution in [0.1, 0.15) is 24.0 Å². The number of halogens is 1. The molecule has 1 aromatic carbocycles. The number of hydrogen-bond donors (Lipinski definition) is 0. The number of aryl methyl sites for hydroxylation is 1. The van der Waals surface area contributed by atoms with E-state index in [2.05, 4.69) is 28.1 Å². The molecule has 0 radical (unpaired) electrons. The zero-order valence-corrected chi connectivity index (χ0v) is 9.36. The van der Waals surface area contributed by atoms with Crippen molar-refractivity contribution in [3.63, 3.8) is 0 Å². The number of benzene rings is 1. The van der Waals surface area contributed by atoms with Gasteiger partial charge in [-0.3, -0.25) is 0 Å². The van der Waals surface area contributed by atoms with Gasteiger partial charge in [0.15, 0.2) is 0 Å². The number of ether oxygens (including phenoxy) is 1. The molecule has 0 heterocycles. The summed E-state index contributed by atoms with van der Waals surface area (Å²) in [5.74, 6) is 0.965. The predicted molar refractivity (Wildman–Crippen MR) is 57.3 cm³/mol. The third kappa shape index (κ3) is 1.73. The molecule has 0 atom stereocenters. The first-order chi connectivity index (χ1) is 6.31. The van der Waals surface area contributed by atoms with Crippen LogP contribution in [-0.2, 0) is 12.8 Å². The monoisotopic (exact) mass is 240 g/mol. The molecule has 0 N–H and O–H groups in total. The zero-order valence-electron chi connectivity index (χ0n) is 7.77. The second-order valence-electron chi connectivity index (χ2n) is 3.45. The van der Waals surface area contributed by atoms with Crippen molar-refractivity contribution in [3.8, 4) is 5.75 Å². The van der Waals surface area contributed by atoms with Gasteiger partial charge >= 0.3 is 0 Å². The van der Waals surface area contributed by atoms with Crippen molar-refractivity contribution in [1.29, 1.82) is 0 Å². The fourth-order valence-electron chi connectivity index (χ4n) is 1.90. The molecule has 70 valence electrons. The van der Waals surface area contributed by atoms with E-state index in [0.29, 0.717) is 0 Å². The Morgan fingerprint density at radius 2 is 2.00 bits per heavy atom. The maximum absolute atomic E-state index is 5.23. The van der Waals surface area contributed by atoms with Crippen LogP contribution >= 0.6 is 15.9 Å². The second kappa shape index (κ2) is 3.70. The molecule has 1 aliphatic rings. The van der Waals surface area contributed by atoms with E-state index in [1.54, 1.807) is 7.11 Å². The molecule has 1 aromatic rings. The Labute approximate surface area is 87.2 Å². The lowest BCUT2D eigenvalue weighted by atomic mass is 9.92. The average Bonchev–Trinajstić information content (AvgIpc) is 2.18. The van der Waals surface area contributed by atoms with Crippen molar-refractivity contribution in [2.75, 3.05) is 7.11 Å². The minimum absolute atomic E-state index is 0.965. The van der Waals surface area contributed by atoms with Crippen LogP contribution in [0.3, 0.4) is 0 Å². The fraction of sp³-hybridized carbons (Fsp3) is 0.455. The first-order valence-corrected chi connectivity index (χ1v) is 5.46. The molecule has 0 saturated carbocycles. The summed E-state index contributed by atoms with van der Waals surface area (Å²) in [6.07, 6.45) is 5.04. The van der Waals surface area contributed by atoms with E-state index in [9.17, 15) is 0 Å². The molecular formula is C11H13BrO. The minimum atomic E-state index is 0.965. The molecule has 0 aliphatic heterocycles. The van der Waals surface area contributed by atoms with Crippen LogP contribution in [0.15, 0.2) is 16.6 Å². The summed E-state index contributed by atoms with van der Waals surface area (Å²) in [5.41, 5.74) is 2.93. The Hall–Kier alpha value is -0.500. The molecule has 0 amide bonds. The summed E-state index contributed by atoms with van der Waals surface area (Å²) < 4.78 is 6.44. The fourth-order valence-corrected chi connectivity index (χ4v) is 2.58. The lowest BCUT2D eigenvalue weighted by Gasteiger charge is -2.18. The summed E-state index contributed by atoms with van der Waals surface area (Å²) in [6.45, 7) is 0. The van der Waals surface area contributed by atoms with E-state index in [4.69, 9.17) is 4.74 Å². The smallest absolute Gasteiger partial charge is 0.120 e. The van der Waals surface area contributed by atoms with Gasteiger partial charge in [-0.2, -0.15) is 0 Å². The number of hydrogen-bond acceptors (Lipinski definition) is 1. The Balaban J connectivity index is 2.47. The third-order valence-corrected chi connectivity index (χ3v) is 3.33. The van der Waals surface area contributed by atoms with Gasteiger partial charge in [0.1, 0.15) is 5.75 Å². The van der Waals surface area contributed by atoms with Gasteiger partial charge in [-0.1, -0.05) is 15.9 Å². The highest BCUT2D eigenvalue weighted by molar-refractivity contribution is 9.10. The molecule has 0 unspecified atom stereocenters. The van der Waals surface area contributed by atoms with E-state index in [-0.39, 0.29) is 0 Å². The van der Waals surface area contributed by atoms with Crippen LogP contribution < -0.4 is 4.74 Å². The largest absolute Gasteiger partial charge is 0.497 e. The van der Waals surface area contributed by atoms with Gasteiger partial charge in [-0.25, -0.2) is 0 Å². The first kappa shape index (κ1) is 9.07. The van der Waals surface area contributed by atoms with E-state index < -0.39 is 0 Å². The van der Waals surface area contributed by atoms with E-state index in [1.165, 1.54) is 41.3 Å². The predicted octanol–water partition coefficient (Wildman–Crippen LogP) is 3.34. The zero-order chi connectivity index (χ0) is 9.26. The first-order valence-electron chi connectivity index (χ1n) is 4.66. The molecule has 0 saturated heterocycles. The van der Waals surface area contributed by atoms with Crippen molar-refractivity contribution in [3.05, 3.63) is 27.7 Å². The van der Waals surface area contributed by atoms with Gasteiger partial charge in [0.2, 0.25) is 0 Å². The van der Waals surface area contributed by atoms with E-state index in [1.807, 2.05) is 0 Å². The SMILES string of the molecule is COc1cc(Br)c2c(c1)CCCC2. The average molecular weight is 241 g/mol. The highest BCUT2D eigenvalue weighted by Crippen LogP contribution is 2.32. The quantitative estimate of drug-likeness (QED) is 0.732. The topological polar surface area (TPSA) is 9.23 Å². The molecule has 0 bridgehead atoms. The Bertz CT molecular complexity index is 320. The summed E-state index contributed by atoms with van der Waals surface area (Å²) in [5, 5.41) is 0. The standard InChI is InChI=1S/C11H13BrO/c1-13-9-6-8-4-2-3-5-10(8)11(12)7-9/h6-7H,2-5H2,1H3. The van der Waals surface area contributed by atoms with Gasteiger partial charge in [-0.15, -0.1) is 0 Å². The molecule has 2 rings (SSSR count). The normalized spacial score (nSPS) is 15.2. The summed E-state index contributed by atoms with van der Waals surface area (Å²) in [4.78, 5) is 0.